The normalized spacial score (nSPS) is 11.5. The first-order chi connectivity index (χ1) is 11.5. The maximum absolute atomic E-state index is 5.70. The van der Waals surface area contributed by atoms with Gasteiger partial charge < -0.3 is 15.4 Å². The number of rotatable bonds is 6. The zero-order chi connectivity index (χ0) is 17.5. The molecule has 0 unspecified atom stereocenters. The number of aryl methyl sites for hydroxylation is 2. The molecule has 0 aliphatic rings. The van der Waals surface area contributed by atoms with Gasteiger partial charge in [-0.05, 0) is 32.0 Å². The Hall–Kier alpha value is -2.02. The van der Waals surface area contributed by atoms with Crippen LogP contribution in [0.3, 0.4) is 0 Å². The standard InChI is InChI=1S/C17H24BrN5O/c1-12-16(13(2)23(4)22-12)11-21-17(19-3)20-8-9-24-15-7-5-6-14(18)10-15/h5-7,10H,8-9,11H2,1-4H3,(H2,19,20,21). The molecule has 1 aromatic carbocycles. The summed E-state index contributed by atoms with van der Waals surface area (Å²) >= 11 is 3.43. The second-order valence-corrected chi connectivity index (χ2v) is 6.35. The number of nitrogens with zero attached hydrogens (tertiary/aromatic N) is 3. The van der Waals surface area contributed by atoms with Gasteiger partial charge in [0.15, 0.2) is 5.96 Å². The fourth-order valence-corrected chi connectivity index (χ4v) is 2.74. The Balaban J connectivity index is 1.76. The van der Waals surface area contributed by atoms with E-state index in [-0.39, 0.29) is 0 Å². The van der Waals surface area contributed by atoms with Gasteiger partial charge in [0.2, 0.25) is 0 Å². The summed E-state index contributed by atoms with van der Waals surface area (Å²) in [6, 6.07) is 7.80. The number of aromatic nitrogens is 2. The Morgan fingerprint density at radius 1 is 1.33 bits per heavy atom. The number of hydrogen-bond acceptors (Lipinski definition) is 3. The van der Waals surface area contributed by atoms with Gasteiger partial charge in [-0.1, -0.05) is 22.0 Å². The van der Waals surface area contributed by atoms with E-state index < -0.39 is 0 Å². The molecule has 0 aliphatic heterocycles. The minimum atomic E-state index is 0.558. The molecule has 1 aromatic heterocycles. The Labute approximate surface area is 151 Å². The third kappa shape index (κ3) is 4.99. The highest BCUT2D eigenvalue weighted by atomic mass is 79.9. The molecule has 0 aliphatic carbocycles. The summed E-state index contributed by atoms with van der Waals surface area (Å²) in [4.78, 5) is 4.23. The lowest BCUT2D eigenvalue weighted by Gasteiger charge is -2.13. The minimum Gasteiger partial charge on any atom is -0.492 e. The van der Waals surface area contributed by atoms with Gasteiger partial charge in [0.25, 0.3) is 0 Å². The molecular weight excluding hydrogens is 370 g/mol. The van der Waals surface area contributed by atoms with Crippen molar-refractivity contribution in [1.82, 2.24) is 20.4 Å². The predicted octanol–water partition coefficient (Wildman–Crippen LogP) is 2.54. The molecule has 0 saturated carbocycles. The molecule has 130 valence electrons. The molecule has 0 fully saturated rings. The van der Waals surface area contributed by atoms with Gasteiger partial charge in [0.05, 0.1) is 12.2 Å². The Kier molecular flexibility index (Phi) is 6.66. The van der Waals surface area contributed by atoms with Gasteiger partial charge in [-0.15, -0.1) is 0 Å². The number of benzene rings is 1. The smallest absolute Gasteiger partial charge is 0.191 e. The van der Waals surface area contributed by atoms with E-state index >= 15 is 0 Å². The number of halogens is 1. The highest BCUT2D eigenvalue weighted by Gasteiger charge is 2.09. The average molecular weight is 394 g/mol. The van der Waals surface area contributed by atoms with Gasteiger partial charge in [-0.2, -0.15) is 5.10 Å². The summed E-state index contributed by atoms with van der Waals surface area (Å²) in [6.45, 7) is 6.00. The van der Waals surface area contributed by atoms with E-state index in [9.17, 15) is 0 Å². The molecular formula is C17H24BrN5O. The first kappa shape index (κ1) is 18.3. The van der Waals surface area contributed by atoms with Crippen LogP contribution in [-0.4, -0.2) is 35.9 Å². The first-order valence-electron chi connectivity index (χ1n) is 7.83. The summed E-state index contributed by atoms with van der Waals surface area (Å²) in [5.41, 5.74) is 3.40. The zero-order valence-electron chi connectivity index (χ0n) is 14.6. The van der Waals surface area contributed by atoms with Crippen LogP contribution in [0.2, 0.25) is 0 Å². The van der Waals surface area contributed by atoms with E-state index in [0.717, 1.165) is 27.6 Å². The molecule has 0 atom stereocenters. The lowest BCUT2D eigenvalue weighted by molar-refractivity contribution is 0.321. The molecule has 0 amide bonds. The average Bonchev–Trinajstić information content (AvgIpc) is 2.80. The highest BCUT2D eigenvalue weighted by Crippen LogP contribution is 2.17. The highest BCUT2D eigenvalue weighted by molar-refractivity contribution is 9.10. The van der Waals surface area contributed by atoms with Crippen molar-refractivity contribution in [3.8, 4) is 5.75 Å². The fourth-order valence-electron chi connectivity index (χ4n) is 2.36. The largest absolute Gasteiger partial charge is 0.492 e. The molecule has 0 spiro atoms. The molecule has 2 aromatic rings. The van der Waals surface area contributed by atoms with Gasteiger partial charge in [-0.25, -0.2) is 0 Å². The molecule has 1 heterocycles. The number of nitrogens with one attached hydrogen (secondary N) is 2. The molecule has 0 saturated heterocycles. The molecule has 0 bridgehead atoms. The molecule has 6 nitrogen and oxygen atoms in total. The third-order valence-electron chi connectivity index (χ3n) is 3.77. The van der Waals surface area contributed by atoms with Crippen LogP contribution in [0.4, 0.5) is 0 Å². The summed E-state index contributed by atoms with van der Waals surface area (Å²) < 4.78 is 8.60. The molecule has 0 radical (unpaired) electrons. The van der Waals surface area contributed by atoms with Gasteiger partial charge in [-0.3, -0.25) is 9.67 Å². The maximum atomic E-state index is 5.70. The molecule has 7 heteroatoms. The van der Waals surface area contributed by atoms with Crippen LogP contribution in [0.15, 0.2) is 33.7 Å². The summed E-state index contributed by atoms with van der Waals surface area (Å²) in [5, 5.41) is 11.0. The third-order valence-corrected chi connectivity index (χ3v) is 4.27. The second kappa shape index (κ2) is 8.73. The van der Waals surface area contributed by atoms with Crippen LogP contribution in [0.1, 0.15) is 17.0 Å². The fraction of sp³-hybridized carbons (Fsp3) is 0.412. The Morgan fingerprint density at radius 2 is 2.12 bits per heavy atom. The van der Waals surface area contributed by atoms with Crippen LogP contribution in [0, 0.1) is 13.8 Å². The SMILES string of the molecule is CN=C(NCCOc1cccc(Br)c1)NCc1c(C)nn(C)c1C. The van der Waals surface area contributed by atoms with Crippen molar-refractivity contribution in [1.29, 1.82) is 0 Å². The lowest BCUT2D eigenvalue weighted by atomic mass is 10.2. The van der Waals surface area contributed by atoms with E-state index in [4.69, 9.17) is 4.74 Å². The van der Waals surface area contributed by atoms with Crippen molar-refractivity contribution < 1.29 is 4.74 Å². The van der Waals surface area contributed by atoms with Gasteiger partial charge >= 0.3 is 0 Å². The van der Waals surface area contributed by atoms with Crippen molar-refractivity contribution in [2.75, 3.05) is 20.2 Å². The van der Waals surface area contributed by atoms with Crippen molar-refractivity contribution in [2.45, 2.75) is 20.4 Å². The van der Waals surface area contributed by atoms with E-state index in [0.29, 0.717) is 19.7 Å². The summed E-state index contributed by atoms with van der Waals surface area (Å²) in [6.07, 6.45) is 0. The summed E-state index contributed by atoms with van der Waals surface area (Å²) in [7, 11) is 3.71. The van der Waals surface area contributed by atoms with Crippen LogP contribution in [0.25, 0.3) is 0 Å². The minimum absolute atomic E-state index is 0.558. The first-order valence-corrected chi connectivity index (χ1v) is 8.62. The Morgan fingerprint density at radius 3 is 2.75 bits per heavy atom. The number of ether oxygens (including phenoxy) is 1. The van der Waals surface area contributed by atoms with Crippen molar-refractivity contribution in [3.63, 3.8) is 0 Å². The number of guanidine groups is 1. The van der Waals surface area contributed by atoms with Crippen LogP contribution in [-0.2, 0) is 13.6 Å². The molecule has 2 N–H and O–H groups in total. The quantitative estimate of drug-likeness (QED) is 0.449. The van der Waals surface area contributed by atoms with Crippen LogP contribution in [0.5, 0.6) is 5.75 Å². The van der Waals surface area contributed by atoms with E-state index in [1.807, 2.05) is 42.9 Å². The van der Waals surface area contributed by atoms with Gasteiger partial charge in [0, 0.05) is 36.4 Å². The van der Waals surface area contributed by atoms with E-state index in [1.165, 1.54) is 5.56 Å². The molecule has 2 rings (SSSR count). The van der Waals surface area contributed by atoms with Gasteiger partial charge in [0.1, 0.15) is 12.4 Å². The molecule has 24 heavy (non-hydrogen) atoms. The van der Waals surface area contributed by atoms with E-state index in [1.54, 1.807) is 7.05 Å². The monoisotopic (exact) mass is 393 g/mol. The van der Waals surface area contributed by atoms with Crippen molar-refractivity contribution in [3.05, 3.63) is 45.7 Å². The van der Waals surface area contributed by atoms with Crippen LogP contribution >= 0.6 is 15.9 Å². The second-order valence-electron chi connectivity index (χ2n) is 5.43. The van der Waals surface area contributed by atoms with Crippen LogP contribution < -0.4 is 15.4 Å². The van der Waals surface area contributed by atoms with Crippen molar-refractivity contribution in [2.24, 2.45) is 12.0 Å². The predicted molar refractivity (Wildman–Crippen MR) is 101 cm³/mol. The van der Waals surface area contributed by atoms with Crippen molar-refractivity contribution >= 4 is 21.9 Å². The topological polar surface area (TPSA) is 63.5 Å². The zero-order valence-corrected chi connectivity index (χ0v) is 16.1. The Bertz CT molecular complexity index is 711. The van der Waals surface area contributed by atoms with E-state index in [2.05, 4.69) is 43.6 Å². The maximum Gasteiger partial charge on any atom is 0.191 e. The number of hydrogen-bond donors (Lipinski definition) is 2. The number of aliphatic imine (C=N–C) groups is 1. The lowest BCUT2D eigenvalue weighted by Crippen LogP contribution is -2.39. The summed E-state index contributed by atoms with van der Waals surface area (Å²) in [5.74, 6) is 1.59.